The van der Waals surface area contributed by atoms with Crippen molar-refractivity contribution in [1.82, 2.24) is 15.1 Å². The lowest BCUT2D eigenvalue weighted by Gasteiger charge is -2.20. The summed E-state index contributed by atoms with van der Waals surface area (Å²) in [4.78, 5) is 24.7. The van der Waals surface area contributed by atoms with E-state index < -0.39 is 17.9 Å². The molecule has 8 heteroatoms. The Kier molecular flexibility index (Phi) is 4.14. The second-order valence-electron chi connectivity index (χ2n) is 4.37. The molecule has 1 N–H and O–H groups in total. The number of nitrogens with zero attached hydrogens (tertiary/aromatic N) is 3. The smallest absolute Gasteiger partial charge is 0.326 e. The van der Waals surface area contributed by atoms with Gasteiger partial charge in [0.15, 0.2) is 5.69 Å². The molecule has 20 heavy (non-hydrogen) atoms. The van der Waals surface area contributed by atoms with Gasteiger partial charge in [-0.15, -0.1) is 10.2 Å². The molecule has 0 spiro atoms. The molecule has 1 saturated heterocycles. The van der Waals surface area contributed by atoms with Crippen molar-refractivity contribution in [2.45, 2.75) is 18.6 Å². The minimum absolute atomic E-state index is 0.0776. The van der Waals surface area contributed by atoms with Gasteiger partial charge in [-0.05, 0) is 6.07 Å². The SMILES string of the molecule is COc1ccc(C(=O)N2CC(OC)CC2C(=O)O)nn1. The molecule has 2 unspecified atom stereocenters. The molecule has 0 bridgehead atoms. The van der Waals surface area contributed by atoms with Gasteiger partial charge in [-0.2, -0.15) is 0 Å². The molecule has 8 nitrogen and oxygen atoms in total. The van der Waals surface area contributed by atoms with Gasteiger partial charge in [-0.1, -0.05) is 0 Å². The molecule has 1 aliphatic rings. The van der Waals surface area contributed by atoms with Crippen LogP contribution in [0, 0.1) is 0 Å². The maximum absolute atomic E-state index is 12.3. The van der Waals surface area contributed by atoms with E-state index in [9.17, 15) is 9.59 Å². The van der Waals surface area contributed by atoms with E-state index in [0.29, 0.717) is 0 Å². The highest BCUT2D eigenvalue weighted by atomic mass is 16.5. The first-order chi connectivity index (χ1) is 9.56. The van der Waals surface area contributed by atoms with Gasteiger partial charge >= 0.3 is 5.97 Å². The number of aromatic nitrogens is 2. The van der Waals surface area contributed by atoms with Gasteiger partial charge in [-0.3, -0.25) is 4.79 Å². The van der Waals surface area contributed by atoms with Crippen LogP contribution in [0.4, 0.5) is 0 Å². The summed E-state index contributed by atoms with van der Waals surface area (Å²) >= 11 is 0. The van der Waals surface area contributed by atoms with Crippen molar-refractivity contribution in [3.05, 3.63) is 17.8 Å². The van der Waals surface area contributed by atoms with Crippen LogP contribution < -0.4 is 4.74 Å². The first kappa shape index (κ1) is 14.2. The number of methoxy groups -OCH3 is 2. The van der Waals surface area contributed by atoms with Crippen molar-refractivity contribution in [3.8, 4) is 5.88 Å². The van der Waals surface area contributed by atoms with E-state index in [2.05, 4.69) is 10.2 Å². The lowest BCUT2D eigenvalue weighted by molar-refractivity contribution is -0.141. The van der Waals surface area contributed by atoms with E-state index in [-0.39, 0.29) is 30.6 Å². The average molecular weight is 281 g/mol. The van der Waals surface area contributed by atoms with E-state index >= 15 is 0 Å². The zero-order valence-corrected chi connectivity index (χ0v) is 11.1. The molecule has 0 aromatic carbocycles. The third kappa shape index (κ3) is 2.69. The molecule has 1 aromatic rings. The summed E-state index contributed by atoms with van der Waals surface area (Å²) in [7, 11) is 2.93. The van der Waals surface area contributed by atoms with Gasteiger partial charge in [-0.25, -0.2) is 4.79 Å². The molecule has 108 valence electrons. The van der Waals surface area contributed by atoms with Crippen molar-refractivity contribution in [2.75, 3.05) is 20.8 Å². The van der Waals surface area contributed by atoms with Crippen LogP contribution in [0.2, 0.25) is 0 Å². The summed E-state index contributed by atoms with van der Waals surface area (Å²) < 4.78 is 9.99. The molecular weight excluding hydrogens is 266 g/mol. The first-order valence-electron chi connectivity index (χ1n) is 6.01. The number of carbonyl (C=O) groups excluding carboxylic acids is 1. The lowest BCUT2D eigenvalue weighted by atomic mass is 10.2. The van der Waals surface area contributed by atoms with Gasteiger partial charge in [0.1, 0.15) is 6.04 Å². The number of amides is 1. The Morgan fingerprint density at radius 3 is 2.60 bits per heavy atom. The van der Waals surface area contributed by atoms with Crippen LogP contribution in [0.15, 0.2) is 12.1 Å². The van der Waals surface area contributed by atoms with Gasteiger partial charge in [0.2, 0.25) is 5.88 Å². The summed E-state index contributed by atoms with van der Waals surface area (Å²) in [6.45, 7) is 0.222. The molecule has 0 aliphatic carbocycles. The number of carboxylic acids is 1. The standard InChI is InChI=1S/C12H15N3O5/c1-19-7-5-9(12(17)18)15(6-7)11(16)8-3-4-10(20-2)14-13-8/h3-4,7,9H,5-6H2,1-2H3,(H,17,18). The van der Waals surface area contributed by atoms with Crippen molar-refractivity contribution in [1.29, 1.82) is 0 Å². The quantitative estimate of drug-likeness (QED) is 0.815. The predicted octanol–water partition coefficient (Wildman–Crippen LogP) is -0.201. The number of carboxylic acid groups (broad SMARTS) is 1. The lowest BCUT2D eigenvalue weighted by Crippen LogP contribution is -2.41. The Morgan fingerprint density at radius 1 is 1.35 bits per heavy atom. The number of hydrogen-bond acceptors (Lipinski definition) is 6. The van der Waals surface area contributed by atoms with E-state index in [1.165, 1.54) is 31.3 Å². The highest BCUT2D eigenvalue weighted by Gasteiger charge is 2.40. The molecule has 2 atom stereocenters. The number of rotatable bonds is 4. The Morgan fingerprint density at radius 2 is 2.10 bits per heavy atom. The molecule has 1 fully saturated rings. The van der Waals surface area contributed by atoms with Crippen molar-refractivity contribution >= 4 is 11.9 Å². The van der Waals surface area contributed by atoms with Crippen LogP contribution >= 0.6 is 0 Å². The molecule has 0 radical (unpaired) electrons. The van der Waals surface area contributed by atoms with Crippen LogP contribution in [0.3, 0.4) is 0 Å². The Bertz CT molecular complexity index is 504. The molecule has 1 amide bonds. The Hall–Kier alpha value is -2.22. The summed E-state index contributed by atoms with van der Waals surface area (Å²) in [6, 6.07) is 2.05. The fraction of sp³-hybridized carbons (Fsp3) is 0.500. The second kappa shape index (κ2) is 5.83. The van der Waals surface area contributed by atoms with Crippen molar-refractivity contribution < 1.29 is 24.2 Å². The first-order valence-corrected chi connectivity index (χ1v) is 6.01. The van der Waals surface area contributed by atoms with Crippen LogP contribution in [0.25, 0.3) is 0 Å². The molecule has 1 aromatic heterocycles. The molecule has 2 rings (SSSR count). The fourth-order valence-corrected chi connectivity index (χ4v) is 2.12. The number of ether oxygens (including phenoxy) is 2. The van der Waals surface area contributed by atoms with Crippen LogP contribution in [-0.4, -0.2) is 65.0 Å². The van der Waals surface area contributed by atoms with Crippen molar-refractivity contribution in [3.63, 3.8) is 0 Å². The molecule has 2 heterocycles. The summed E-state index contributed by atoms with van der Waals surface area (Å²) in [5, 5.41) is 16.6. The Balaban J connectivity index is 2.19. The Labute approximate surface area is 115 Å². The van der Waals surface area contributed by atoms with Crippen LogP contribution in [0.1, 0.15) is 16.9 Å². The van der Waals surface area contributed by atoms with E-state index in [4.69, 9.17) is 14.6 Å². The summed E-state index contributed by atoms with van der Waals surface area (Å²) in [5.41, 5.74) is 0.0776. The molecule has 1 aliphatic heterocycles. The topological polar surface area (TPSA) is 102 Å². The highest BCUT2D eigenvalue weighted by molar-refractivity contribution is 5.95. The van der Waals surface area contributed by atoms with Gasteiger partial charge in [0, 0.05) is 26.1 Å². The van der Waals surface area contributed by atoms with E-state index in [1.54, 1.807) is 0 Å². The average Bonchev–Trinajstić information content (AvgIpc) is 2.91. The van der Waals surface area contributed by atoms with Crippen molar-refractivity contribution in [2.24, 2.45) is 0 Å². The van der Waals surface area contributed by atoms with Gasteiger partial charge in [0.05, 0.1) is 13.2 Å². The van der Waals surface area contributed by atoms with E-state index in [1.807, 2.05) is 0 Å². The van der Waals surface area contributed by atoms with Crippen LogP contribution in [-0.2, 0) is 9.53 Å². The molecule has 0 saturated carbocycles. The van der Waals surface area contributed by atoms with Crippen LogP contribution in [0.5, 0.6) is 5.88 Å². The summed E-state index contributed by atoms with van der Waals surface area (Å²) in [6.07, 6.45) is -0.0208. The zero-order chi connectivity index (χ0) is 14.7. The zero-order valence-electron chi connectivity index (χ0n) is 11.1. The largest absolute Gasteiger partial charge is 0.480 e. The number of hydrogen-bond donors (Lipinski definition) is 1. The number of carbonyl (C=O) groups is 2. The summed E-state index contributed by atoms with van der Waals surface area (Å²) in [5.74, 6) is -1.25. The minimum Gasteiger partial charge on any atom is -0.480 e. The number of likely N-dealkylation sites (tertiary alicyclic amines) is 1. The maximum atomic E-state index is 12.3. The maximum Gasteiger partial charge on any atom is 0.326 e. The number of aliphatic carboxylic acids is 1. The van der Waals surface area contributed by atoms with E-state index in [0.717, 1.165) is 0 Å². The van der Waals surface area contributed by atoms with Gasteiger partial charge < -0.3 is 19.5 Å². The fourth-order valence-electron chi connectivity index (χ4n) is 2.12. The molecular formula is C12H15N3O5. The minimum atomic E-state index is -1.06. The third-order valence-corrected chi connectivity index (χ3v) is 3.21. The normalized spacial score (nSPS) is 21.8. The monoisotopic (exact) mass is 281 g/mol. The second-order valence-corrected chi connectivity index (χ2v) is 4.37. The highest BCUT2D eigenvalue weighted by Crippen LogP contribution is 2.22. The van der Waals surface area contributed by atoms with Gasteiger partial charge in [0.25, 0.3) is 5.91 Å². The predicted molar refractivity (Wildman–Crippen MR) is 66.5 cm³/mol. The third-order valence-electron chi connectivity index (χ3n) is 3.21.